The molecule has 1 atom stereocenters. The number of carbonyl (C=O) groups is 1. The maximum Gasteiger partial charge on any atom is 0.315 e. The molecule has 0 saturated carbocycles. The summed E-state index contributed by atoms with van der Waals surface area (Å²) in [5.41, 5.74) is 1.52. The van der Waals surface area contributed by atoms with Crippen molar-refractivity contribution in [2.75, 3.05) is 0 Å². The molecule has 0 aliphatic heterocycles. The Morgan fingerprint density at radius 2 is 1.68 bits per heavy atom. The van der Waals surface area contributed by atoms with Crippen LogP contribution in [0.2, 0.25) is 0 Å². The van der Waals surface area contributed by atoms with E-state index in [1.54, 1.807) is 18.2 Å². The molecule has 0 aromatic heterocycles. The van der Waals surface area contributed by atoms with Gasteiger partial charge in [-0.05, 0) is 17.5 Å². The number of rotatable bonds is 5. The zero-order valence-corrected chi connectivity index (χ0v) is 12.8. The summed E-state index contributed by atoms with van der Waals surface area (Å²) in [6.07, 6.45) is 0. The quantitative estimate of drug-likeness (QED) is 0.860. The Kier molecular flexibility index (Phi) is 5.53. The summed E-state index contributed by atoms with van der Waals surface area (Å²) in [4.78, 5) is 12.1. The summed E-state index contributed by atoms with van der Waals surface area (Å²) in [7, 11) is 0. The fourth-order valence-electron chi connectivity index (χ4n) is 2.30. The zero-order chi connectivity index (χ0) is 15.9. The van der Waals surface area contributed by atoms with Gasteiger partial charge in [-0.25, -0.2) is 9.18 Å². The van der Waals surface area contributed by atoms with Crippen LogP contribution in [0.3, 0.4) is 0 Å². The molecular formula is C18H21FN2O. The number of hydrogen-bond acceptors (Lipinski definition) is 1. The van der Waals surface area contributed by atoms with Crippen molar-refractivity contribution in [2.45, 2.75) is 26.4 Å². The van der Waals surface area contributed by atoms with Crippen LogP contribution in [0.5, 0.6) is 0 Å². The first-order valence-electron chi connectivity index (χ1n) is 7.40. The van der Waals surface area contributed by atoms with E-state index in [4.69, 9.17) is 0 Å². The summed E-state index contributed by atoms with van der Waals surface area (Å²) in [6.45, 7) is 4.27. The Balaban J connectivity index is 1.96. The number of hydrogen-bond donors (Lipinski definition) is 2. The van der Waals surface area contributed by atoms with Crippen molar-refractivity contribution >= 4 is 6.03 Å². The van der Waals surface area contributed by atoms with Crippen molar-refractivity contribution in [3.8, 4) is 0 Å². The highest BCUT2D eigenvalue weighted by atomic mass is 19.1. The lowest BCUT2D eigenvalue weighted by molar-refractivity contribution is 0.232. The lowest BCUT2D eigenvalue weighted by atomic mass is 9.96. The molecular weight excluding hydrogens is 279 g/mol. The van der Waals surface area contributed by atoms with E-state index in [0.717, 1.165) is 5.56 Å². The molecule has 0 fully saturated rings. The van der Waals surface area contributed by atoms with Crippen LogP contribution in [0, 0.1) is 11.7 Å². The van der Waals surface area contributed by atoms with Crippen LogP contribution in [0.1, 0.15) is 31.0 Å². The van der Waals surface area contributed by atoms with Gasteiger partial charge in [-0.15, -0.1) is 0 Å². The van der Waals surface area contributed by atoms with Crippen molar-refractivity contribution in [2.24, 2.45) is 5.92 Å². The second-order valence-corrected chi connectivity index (χ2v) is 5.55. The maximum atomic E-state index is 13.5. The smallest absolute Gasteiger partial charge is 0.315 e. The monoisotopic (exact) mass is 300 g/mol. The molecule has 22 heavy (non-hydrogen) atoms. The van der Waals surface area contributed by atoms with Gasteiger partial charge in [0.25, 0.3) is 0 Å². The molecule has 116 valence electrons. The first kappa shape index (κ1) is 16.0. The molecule has 4 heteroatoms. The number of halogens is 1. The van der Waals surface area contributed by atoms with Gasteiger partial charge >= 0.3 is 6.03 Å². The summed E-state index contributed by atoms with van der Waals surface area (Å²) < 4.78 is 13.5. The minimum absolute atomic E-state index is 0.0816. The lowest BCUT2D eigenvalue weighted by Gasteiger charge is -2.23. The van der Waals surface area contributed by atoms with Gasteiger partial charge in [-0.3, -0.25) is 0 Å². The van der Waals surface area contributed by atoms with Crippen molar-refractivity contribution < 1.29 is 9.18 Å². The van der Waals surface area contributed by atoms with Crippen LogP contribution in [-0.2, 0) is 6.54 Å². The van der Waals surface area contributed by atoms with Gasteiger partial charge in [-0.2, -0.15) is 0 Å². The zero-order valence-electron chi connectivity index (χ0n) is 12.8. The molecule has 0 bridgehead atoms. The van der Waals surface area contributed by atoms with E-state index in [9.17, 15) is 9.18 Å². The summed E-state index contributed by atoms with van der Waals surface area (Å²) in [5.74, 6) is -0.0621. The van der Waals surface area contributed by atoms with Crippen LogP contribution in [0.25, 0.3) is 0 Å². The number of benzene rings is 2. The third kappa shape index (κ3) is 4.32. The van der Waals surface area contributed by atoms with Crippen LogP contribution in [0.15, 0.2) is 54.6 Å². The molecule has 0 spiro atoms. The highest BCUT2D eigenvalue weighted by Gasteiger charge is 2.17. The largest absolute Gasteiger partial charge is 0.334 e. The molecule has 0 aliphatic rings. The van der Waals surface area contributed by atoms with Gasteiger partial charge in [0.15, 0.2) is 0 Å². The van der Waals surface area contributed by atoms with Gasteiger partial charge < -0.3 is 10.6 Å². The predicted octanol–water partition coefficient (Wildman–Crippen LogP) is 4.02. The van der Waals surface area contributed by atoms with E-state index in [2.05, 4.69) is 24.5 Å². The van der Waals surface area contributed by atoms with E-state index < -0.39 is 0 Å². The van der Waals surface area contributed by atoms with Crippen molar-refractivity contribution in [3.05, 3.63) is 71.5 Å². The van der Waals surface area contributed by atoms with Gasteiger partial charge in [0.1, 0.15) is 5.82 Å². The summed E-state index contributed by atoms with van der Waals surface area (Å²) >= 11 is 0. The average molecular weight is 300 g/mol. The second kappa shape index (κ2) is 7.59. The number of nitrogens with one attached hydrogen (secondary N) is 2. The van der Waals surface area contributed by atoms with Gasteiger partial charge in [0.05, 0.1) is 6.04 Å². The van der Waals surface area contributed by atoms with Crippen LogP contribution in [0.4, 0.5) is 9.18 Å². The number of urea groups is 1. The van der Waals surface area contributed by atoms with Crippen molar-refractivity contribution in [3.63, 3.8) is 0 Å². The molecule has 0 heterocycles. The second-order valence-electron chi connectivity index (χ2n) is 5.55. The fraction of sp³-hybridized carbons (Fsp3) is 0.278. The van der Waals surface area contributed by atoms with Gasteiger partial charge in [-0.1, -0.05) is 62.4 Å². The molecule has 0 radical (unpaired) electrons. The van der Waals surface area contributed by atoms with E-state index in [1.165, 1.54) is 6.07 Å². The van der Waals surface area contributed by atoms with Crippen LogP contribution < -0.4 is 10.6 Å². The molecule has 2 aromatic rings. The molecule has 3 nitrogen and oxygen atoms in total. The molecule has 0 aliphatic carbocycles. The third-order valence-corrected chi connectivity index (χ3v) is 3.51. The van der Waals surface area contributed by atoms with Crippen LogP contribution >= 0.6 is 0 Å². The minimum Gasteiger partial charge on any atom is -0.334 e. The standard InChI is InChI=1S/C18H21FN2O/c1-13(2)17(14-8-4-3-5-9-14)21-18(22)20-12-15-10-6-7-11-16(15)19/h3-11,13,17H,12H2,1-2H3,(H2,20,21,22). The summed E-state index contributed by atoms with van der Waals surface area (Å²) in [5, 5.41) is 5.65. The molecule has 2 rings (SSSR count). The lowest BCUT2D eigenvalue weighted by Crippen LogP contribution is -2.39. The molecule has 2 N–H and O–H groups in total. The predicted molar refractivity (Wildman–Crippen MR) is 85.8 cm³/mol. The maximum absolute atomic E-state index is 13.5. The topological polar surface area (TPSA) is 41.1 Å². The highest BCUT2D eigenvalue weighted by molar-refractivity contribution is 5.74. The number of carbonyl (C=O) groups excluding carboxylic acids is 1. The first-order chi connectivity index (χ1) is 10.6. The van der Waals surface area contributed by atoms with E-state index in [1.807, 2.05) is 30.3 Å². The Labute approximate surface area is 130 Å². The molecule has 2 aromatic carbocycles. The average Bonchev–Trinajstić information content (AvgIpc) is 2.52. The van der Waals surface area contributed by atoms with E-state index >= 15 is 0 Å². The normalized spacial score (nSPS) is 12.0. The van der Waals surface area contributed by atoms with Gasteiger partial charge in [0, 0.05) is 12.1 Å². The minimum atomic E-state index is -0.314. The molecule has 2 amide bonds. The first-order valence-corrected chi connectivity index (χ1v) is 7.40. The Bertz CT molecular complexity index is 613. The van der Waals surface area contributed by atoms with Gasteiger partial charge in [0.2, 0.25) is 0 Å². The van der Waals surface area contributed by atoms with Crippen molar-refractivity contribution in [1.29, 1.82) is 0 Å². The number of amides is 2. The van der Waals surface area contributed by atoms with E-state index in [-0.39, 0.29) is 30.4 Å². The molecule has 0 saturated heterocycles. The Morgan fingerprint density at radius 3 is 2.32 bits per heavy atom. The Morgan fingerprint density at radius 1 is 1.05 bits per heavy atom. The highest BCUT2D eigenvalue weighted by Crippen LogP contribution is 2.21. The molecule has 1 unspecified atom stereocenters. The van der Waals surface area contributed by atoms with Crippen molar-refractivity contribution in [1.82, 2.24) is 10.6 Å². The third-order valence-electron chi connectivity index (χ3n) is 3.51. The fourth-order valence-corrected chi connectivity index (χ4v) is 2.30. The summed E-state index contributed by atoms with van der Waals surface area (Å²) in [6, 6.07) is 15.9. The van der Waals surface area contributed by atoms with Crippen LogP contribution in [-0.4, -0.2) is 6.03 Å². The van der Waals surface area contributed by atoms with E-state index in [0.29, 0.717) is 5.56 Å². The SMILES string of the molecule is CC(C)C(NC(=O)NCc1ccccc1F)c1ccccc1. The Hall–Kier alpha value is -2.36.